The molecule has 126 valence electrons. The second kappa shape index (κ2) is 7.29. The topological polar surface area (TPSA) is 32.7 Å². The fourth-order valence-electron chi connectivity index (χ4n) is 2.40. The standard InChI is InChI=1S/C18H17F3N2O/c1-3-5-8-13(4-2)17-14-9-6-7-10-15(14)23(12-18(19,20)21)16(24)11-22-17/h3-10H,2,11-12H2,1H3/b5-3-,13-8+. The molecule has 1 heterocycles. The lowest BCUT2D eigenvalue weighted by atomic mass is 9.99. The number of alkyl halides is 3. The highest BCUT2D eigenvalue weighted by Crippen LogP contribution is 2.29. The van der Waals surface area contributed by atoms with Crippen LogP contribution in [0.1, 0.15) is 12.5 Å². The lowest BCUT2D eigenvalue weighted by Crippen LogP contribution is -2.40. The van der Waals surface area contributed by atoms with Gasteiger partial charge in [-0.1, -0.05) is 49.1 Å². The number of fused-ring (bicyclic) bond motifs is 1. The van der Waals surface area contributed by atoms with E-state index in [1.165, 1.54) is 6.07 Å². The van der Waals surface area contributed by atoms with E-state index >= 15 is 0 Å². The molecule has 1 aromatic rings. The number of carbonyl (C=O) groups excluding carboxylic acids is 1. The molecule has 1 aliphatic heterocycles. The summed E-state index contributed by atoms with van der Waals surface area (Å²) in [6.07, 6.45) is 2.43. The molecule has 0 saturated carbocycles. The highest BCUT2D eigenvalue weighted by molar-refractivity contribution is 6.20. The van der Waals surface area contributed by atoms with E-state index in [2.05, 4.69) is 11.6 Å². The number of hydrogen-bond acceptors (Lipinski definition) is 2. The molecule has 0 bridgehead atoms. The van der Waals surface area contributed by atoms with Crippen molar-refractivity contribution in [3.63, 3.8) is 0 Å². The van der Waals surface area contributed by atoms with Gasteiger partial charge in [0, 0.05) is 5.56 Å². The highest BCUT2D eigenvalue weighted by atomic mass is 19.4. The summed E-state index contributed by atoms with van der Waals surface area (Å²) in [6.45, 7) is 3.88. The molecular weight excluding hydrogens is 317 g/mol. The minimum Gasteiger partial charge on any atom is -0.301 e. The summed E-state index contributed by atoms with van der Waals surface area (Å²) in [5.74, 6) is -0.691. The third kappa shape index (κ3) is 4.01. The fraction of sp³-hybridized carbons (Fsp3) is 0.222. The van der Waals surface area contributed by atoms with Gasteiger partial charge in [-0.15, -0.1) is 0 Å². The summed E-state index contributed by atoms with van der Waals surface area (Å²) in [7, 11) is 0. The summed E-state index contributed by atoms with van der Waals surface area (Å²) < 4.78 is 38.6. The number of nitrogens with zero attached hydrogens (tertiary/aromatic N) is 2. The van der Waals surface area contributed by atoms with E-state index in [0.717, 1.165) is 4.90 Å². The van der Waals surface area contributed by atoms with E-state index in [-0.39, 0.29) is 12.2 Å². The number of aliphatic imine (C=N–C) groups is 1. The SMILES string of the molecule is C=C/C(=C\C=C/C)C1=NCC(=O)N(CC(F)(F)F)c2ccccc21. The molecule has 24 heavy (non-hydrogen) atoms. The first-order chi connectivity index (χ1) is 11.4. The molecule has 0 aliphatic carbocycles. The molecular formula is C18H17F3N2O. The molecule has 2 rings (SSSR count). The quantitative estimate of drug-likeness (QED) is 0.764. The smallest absolute Gasteiger partial charge is 0.301 e. The predicted octanol–water partition coefficient (Wildman–Crippen LogP) is 4.07. The second-order valence-corrected chi connectivity index (χ2v) is 5.13. The van der Waals surface area contributed by atoms with Crippen LogP contribution in [0.2, 0.25) is 0 Å². The third-order valence-corrected chi connectivity index (χ3v) is 3.42. The predicted molar refractivity (Wildman–Crippen MR) is 89.3 cm³/mol. The molecule has 1 aromatic carbocycles. The zero-order valence-corrected chi connectivity index (χ0v) is 13.2. The zero-order valence-electron chi connectivity index (χ0n) is 13.2. The van der Waals surface area contributed by atoms with Gasteiger partial charge in [-0.3, -0.25) is 9.79 Å². The molecule has 6 heteroatoms. The van der Waals surface area contributed by atoms with Gasteiger partial charge in [-0.05, 0) is 18.6 Å². The van der Waals surface area contributed by atoms with Crippen LogP contribution in [0.25, 0.3) is 0 Å². The third-order valence-electron chi connectivity index (χ3n) is 3.42. The number of hydrogen-bond donors (Lipinski definition) is 0. The Morgan fingerprint density at radius 2 is 2.08 bits per heavy atom. The zero-order chi connectivity index (χ0) is 17.7. The molecule has 0 spiro atoms. The van der Waals surface area contributed by atoms with E-state index in [4.69, 9.17) is 0 Å². The minimum absolute atomic E-state index is 0.198. The van der Waals surface area contributed by atoms with E-state index in [1.54, 1.807) is 36.4 Å². The van der Waals surface area contributed by atoms with Crippen LogP contribution in [-0.2, 0) is 4.79 Å². The molecule has 1 amide bonds. The van der Waals surface area contributed by atoms with Gasteiger partial charge in [0.2, 0.25) is 5.91 Å². The average Bonchev–Trinajstić information content (AvgIpc) is 2.66. The Balaban J connectivity index is 2.58. The van der Waals surface area contributed by atoms with Crippen LogP contribution in [0.3, 0.4) is 0 Å². The Morgan fingerprint density at radius 3 is 2.71 bits per heavy atom. The first-order valence-corrected chi connectivity index (χ1v) is 7.34. The molecule has 1 aliphatic rings. The van der Waals surface area contributed by atoms with Gasteiger partial charge in [-0.25, -0.2) is 0 Å². The Hall–Kier alpha value is -2.63. The fourth-order valence-corrected chi connectivity index (χ4v) is 2.40. The van der Waals surface area contributed by atoms with E-state index in [9.17, 15) is 18.0 Å². The van der Waals surface area contributed by atoms with Crippen molar-refractivity contribution in [2.75, 3.05) is 18.0 Å². The van der Waals surface area contributed by atoms with Crippen LogP contribution >= 0.6 is 0 Å². The van der Waals surface area contributed by atoms with Crippen molar-refractivity contribution in [3.05, 3.63) is 66.3 Å². The number of rotatable bonds is 4. The van der Waals surface area contributed by atoms with Crippen molar-refractivity contribution < 1.29 is 18.0 Å². The van der Waals surface area contributed by atoms with Gasteiger partial charge >= 0.3 is 6.18 Å². The first kappa shape index (κ1) is 17.7. The maximum atomic E-state index is 12.9. The van der Waals surface area contributed by atoms with Crippen LogP contribution in [-0.4, -0.2) is 30.9 Å². The van der Waals surface area contributed by atoms with Crippen LogP contribution < -0.4 is 4.90 Å². The Kier molecular flexibility index (Phi) is 5.39. The van der Waals surface area contributed by atoms with Crippen LogP contribution in [0.4, 0.5) is 18.9 Å². The summed E-state index contributed by atoms with van der Waals surface area (Å²) in [6, 6.07) is 6.45. The molecule has 0 saturated heterocycles. The largest absolute Gasteiger partial charge is 0.406 e. The van der Waals surface area contributed by atoms with E-state index < -0.39 is 18.6 Å². The van der Waals surface area contributed by atoms with Crippen molar-refractivity contribution >= 4 is 17.3 Å². The first-order valence-electron chi connectivity index (χ1n) is 7.34. The lowest BCUT2D eigenvalue weighted by Gasteiger charge is -2.24. The summed E-state index contributed by atoms with van der Waals surface area (Å²) in [5, 5.41) is 0. The maximum Gasteiger partial charge on any atom is 0.406 e. The average molecular weight is 334 g/mol. The van der Waals surface area contributed by atoms with Gasteiger partial charge in [0.25, 0.3) is 0 Å². The van der Waals surface area contributed by atoms with Crippen molar-refractivity contribution in [3.8, 4) is 0 Å². The number of amides is 1. The van der Waals surface area contributed by atoms with Gasteiger partial charge in [0.1, 0.15) is 13.1 Å². The van der Waals surface area contributed by atoms with Crippen LogP contribution in [0, 0.1) is 0 Å². The van der Waals surface area contributed by atoms with Crippen molar-refractivity contribution in [1.29, 1.82) is 0 Å². The molecule has 0 atom stereocenters. The van der Waals surface area contributed by atoms with Crippen molar-refractivity contribution in [1.82, 2.24) is 0 Å². The van der Waals surface area contributed by atoms with Crippen molar-refractivity contribution in [2.24, 2.45) is 4.99 Å². The number of anilines is 1. The number of benzodiazepines with no additional fused rings is 1. The number of benzene rings is 1. The molecule has 0 radical (unpaired) electrons. The molecule has 0 N–H and O–H groups in total. The van der Waals surface area contributed by atoms with E-state index in [1.807, 2.05) is 13.0 Å². The monoisotopic (exact) mass is 334 g/mol. The summed E-state index contributed by atoms with van der Waals surface area (Å²) >= 11 is 0. The van der Waals surface area contributed by atoms with Crippen LogP contribution in [0.15, 0.2) is 65.7 Å². The summed E-state index contributed by atoms with van der Waals surface area (Å²) in [4.78, 5) is 17.2. The minimum atomic E-state index is -4.49. The van der Waals surface area contributed by atoms with Gasteiger partial charge in [0.05, 0.1) is 11.4 Å². The number of allylic oxidation sites excluding steroid dienone is 5. The Labute approximate surface area is 138 Å². The Morgan fingerprint density at radius 1 is 1.38 bits per heavy atom. The summed E-state index contributed by atoms with van der Waals surface area (Å²) in [5.41, 5.74) is 1.77. The van der Waals surface area contributed by atoms with Gasteiger partial charge in [0.15, 0.2) is 0 Å². The van der Waals surface area contributed by atoms with Gasteiger partial charge in [-0.2, -0.15) is 13.2 Å². The second-order valence-electron chi connectivity index (χ2n) is 5.13. The molecule has 3 nitrogen and oxygen atoms in total. The van der Waals surface area contributed by atoms with Crippen LogP contribution in [0.5, 0.6) is 0 Å². The molecule has 0 fully saturated rings. The highest BCUT2D eigenvalue weighted by Gasteiger charge is 2.36. The number of carbonyl (C=O) groups is 1. The van der Waals surface area contributed by atoms with Gasteiger partial charge < -0.3 is 4.90 Å². The van der Waals surface area contributed by atoms with Crippen molar-refractivity contribution in [2.45, 2.75) is 13.1 Å². The maximum absolute atomic E-state index is 12.9. The molecule has 0 aromatic heterocycles. The van der Waals surface area contributed by atoms with E-state index in [0.29, 0.717) is 16.8 Å². The molecule has 0 unspecified atom stereocenters. The lowest BCUT2D eigenvalue weighted by molar-refractivity contribution is -0.131. The normalized spacial score (nSPS) is 16.0. The Bertz CT molecular complexity index is 730. The number of para-hydroxylation sites is 1. The number of halogens is 3.